The average Bonchev–Trinajstić information content (AvgIpc) is 2.96. The largest absolute Gasteiger partial charge is 0.444 e. The van der Waals surface area contributed by atoms with E-state index in [2.05, 4.69) is 10.6 Å². The van der Waals surface area contributed by atoms with Crippen LogP contribution in [0.3, 0.4) is 0 Å². The molecule has 0 radical (unpaired) electrons. The predicted octanol–water partition coefficient (Wildman–Crippen LogP) is 3.01. The number of alkyl carbamates (subject to hydrolysis) is 2. The Morgan fingerprint density at radius 1 is 0.857 bits per heavy atom. The summed E-state index contributed by atoms with van der Waals surface area (Å²) in [6.07, 6.45) is -1.76. The zero-order valence-corrected chi connectivity index (χ0v) is 21.0. The maximum atomic E-state index is 12.6. The Balaban J connectivity index is 1.61. The fourth-order valence-electron chi connectivity index (χ4n) is 3.71. The molecule has 1 aromatic carbocycles. The van der Waals surface area contributed by atoms with Crippen LogP contribution in [-0.2, 0) is 14.3 Å². The molecule has 0 bridgehead atoms. The lowest BCUT2D eigenvalue weighted by Gasteiger charge is -2.38. The third-order valence-electron chi connectivity index (χ3n) is 5.16. The number of carbonyl (C=O) groups is 4. The Morgan fingerprint density at radius 2 is 1.29 bits per heavy atom. The van der Waals surface area contributed by atoms with Gasteiger partial charge in [0, 0.05) is 13.1 Å². The molecule has 2 aliphatic heterocycles. The summed E-state index contributed by atoms with van der Waals surface area (Å²) in [6, 6.07) is 6.58. The maximum Gasteiger partial charge on any atom is 0.410 e. The van der Waals surface area contributed by atoms with Crippen LogP contribution >= 0.6 is 0 Å². The van der Waals surface area contributed by atoms with Gasteiger partial charge in [0.25, 0.3) is 11.8 Å². The summed E-state index contributed by atoms with van der Waals surface area (Å²) in [5, 5.41) is 6.15. The number of benzene rings is 1. The zero-order valence-electron chi connectivity index (χ0n) is 21.0. The number of carbonyl (C=O) groups excluding carboxylic acids is 4. The second-order valence-corrected chi connectivity index (χ2v) is 10.5. The Hall–Kier alpha value is -3.18. The van der Waals surface area contributed by atoms with E-state index in [-0.39, 0.29) is 0 Å². The molecule has 1 aromatic rings. The smallest absolute Gasteiger partial charge is 0.410 e. The van der Waals surface area contributed by atoms with Gasteiger partial charge in [-0.05, 0) is 66.5 Å². The highest BCUT2D eigenvalue weighted by Gasteiger charge is 2.39. The van der Waals surface area contributed by atoms with Crippen molar-refractivity contribution in [3.05, 3.63) is 35.4 Å². The fourth-order valence-corrected chi connectivity index (χ4v) is 3.71. The van der Waals surface area contributed by atoms with Crippen molar-refractivity contribution >= 4 is 24.0 Å². The highest BCUT2D eigenvalue weighted by Crippen LogP contribution is 2.26. The number of hydroxylamine groups is 2. The van der Waals surface area contributed by atoms with E-state index < -0.39 is 47.6 Å². The van der Waals surface area contributed by atoms with Gasteiger partial charge < -0.3 is 9.47 Å². The molecular weight excluding hydrogens is 456 g/mol. The van der Waals surface area contributed by atoms with E-state index in [1.54, 1.807) is 65.8 Å². The Bertz CT molecular complexity index is 910. The molecule has 3 rings (SSSR count). The lowest BCUT2D eigenvalue weighted by atomic mass is 10.1. The number of ether oxygens (including phenoxy) is 2. The van der Waals surface area contributed by atoms with Crippen molar-refractivity contribution in [3.63, 3.8) is 0 Å². The topological polar surface area (TPSA) is 127 Å². The van der Waals surface area contributed by atoms with Crippen molar-refractivity contribution in [3.8, 4) is 0 Å². The molecule has 35 heavy (non-hydrogen) atoms. The normalized spacial score (nSPS) is 17.4. The standard InChI is InChI=1S/C24H34N4O7/c1-23(2,3)33-21(31)25-20(26-22(32)34-24(4,5)6)27-13-11-15(12-14-27)35-28-18(29)16-9-7-8-10-17(16)19(28)30/h7-10,15,20H,11-14H2,1-6H3,(H,25,31)(H,26,32). The molecule has 192 valence electrons. The van der Waals surface area contributed by atoms with E-state index in [1.165, 1.54) is 0 Å². The minimum absolute atomic E-state index is 0.318. The first-order valence-electron chi connectivity index (χ1n) is 11.6. The fraction of sp³-hybridized carbons (Fsp3) is 0.583. The third-order valence-corrected chi connectivity index (χ3v) is 5.16. The summed E-state index contributed by atoms with van der Waals surface area (Å²) in [5.41, 5.74) is -0.794. The van der Waals surface area contributed by atoms with Gasteiger partial charge in [-0.3, -0.25) is 30.0 Å². The van der Waals surface area contributed by atoms with Gasteiger partial charge in [0.2, 0.25) is 0 Å². The van der Waals surface area contributed by atoms with E-state index in [1.807, 2.05) is 4.90 Å². The summed E-state index contributed by atoms with van der Waals surface area (Å²) >= 11 is 0. The quantitative estimate of drug-likeness (QED) is 0.476. The molecule has 1 saturated heterocycles. The molecule has 2 N–H and O–H groups in total. The molecule has 1 fully saturated rings. The van der Waals surface area contributed by atoms with Crippen LogP contribution in [0.2, 0.25) is 0 Å². The molecule has 0 spiro atoms. The Kier molecular flexibility index (Phi) is 7.71. The number of likely N-dealkylation sites (tertiary alicyclic amines) is 1. The van der Waals surface area contributed by atoms with Crippen LogP contribution in [-0.4, -0.2) is 70.6 Å². The van der Waals surface area contributed by atoms with E-state index >= 15 is 0 Å². The number of amides is 4. The molecule has 0 aromatic heterocycles. The van der Waals surface area contributed by atoms with Crippen LogP contribution in [0.25, 0.3) is 0 Å². The van der Waals surface area contributed by atoms with Gasteiger partial charge in [0.1, 0.15) is 11.2 Å². The van der Waals surface area contributed by atoms with Gasteiger partial charge in [-0.2, -0.15) is 0 Å². The van der Waals surface area contributed by atoms with Crippen molar-refractivity contribution in [1.29, 1.82) is 0 Å². The number of nitrogens with zero attached hydrogens (tertiary/aromatic N) is 2. The minimum atomic E-state index is -0.889. The predicted molar refractivity (Wildman–Crippen MR) is 125 cm³/mol. The molecule has 2 aliphatic rings. The van der Waals surface area contributed by atoms with Crippen molar-refractivity contribution in [2.45, 2.75) is 78.0 Å². The molecule has 11 nitrogen and oxygen atoms in total. The van der Waals surface area contributed by atoms with Crippen LogP contribution in [0.15, 0.2) is 24.3 Å². The van der Waals surface area contributed by atoms with Crippen molar-refractivity contribution in [1.82, 2.24) is 20.6 Å². The number of imide groups is 1. The zero-order chi connectivity index (χ0) is 26.0. The summed E-state index contributed by atoms with van der Waals surface area (Å²) in [7, 11) is 0. The van der Waals surface area contributed by atoms with E-state index in [0.29, 0.717) is 37.1 Å². The number of hydrogen-bond acceptors (Lipinski definition) is 8. The minimum Gasteiger partial charge on any atom is -0.444 e. The maximum absolute atomic E-state index is 12.6. The lowest BCUT2D eigenvalue weighted by molar-refractivity contribution is -0.148. The molecular formula is C24H34N4O7. The second-order valence-electron chi connectivity index (χ2n) is 10.5. The molecule has 11 heteroatoms. The molecule has 2 heterocycles. The lowest BCUT2D eigenvalue weighted by Crippen LogP contribution is -2.61. The Labute approximate surface area is 205 Å². The third kappa shape index (κ3) is 7.15. The number of fused-ring (bicyclic) bond motifs is 1. The molecule has 4 amide bonds. The van der Waals surface area contributed by atoms with Crippen molar-refractivity contribution in [2.75, 3.05) is 13.1 Å². The number of nitrogens with one attached hydrogen (secondary N) is 2. The first-order chi connectivity index (χ1) is 16.2. The number of piperidine rings is 1. The first-order valence-corrected chi connectivity index (χ1v) is 11.6. The van der Waals surface area contributed by atoms with E-state index in [9.17, 15) is 19.2 Å². The van der Waals surface area contributed by atoms with E-state index in [4.69, 9.17) is 14.3 Å². The van der Waals surface area contributed by atoms with Gasteiger partial charge in [-0.25, -0.2) is 9.59 Å². The monoisotopic (exact) mass is 490 g/mol. The van der Waals surface area contributed by atoms with Gasteiger partial charge in [-0.15, -0.1) is 5.06 Å². The molecule has 0 unspecified atom stereocenters. The Morgan fingerprint density at radius 3 is 1.69 bits per heavy atom. The summed E-state index contributed by atoms with van der Waals surface area (Å²) in [4.78, 5) is 57.5. The van der Waals surface area contributed by atoms with Crippen LogP contribution in [0, 0.1) is 0 Å². The highest BCUT2D eigenvalue weighted by atomic mass is 16.7. The van der Waals surface area contributed by atoms with Gasteiger partial charge >= 0.3 is 12.2 Å². The van der Waals surface area contributed by atoms with Crippen molar-refractivity contribution < 1.29 is 33.5 Å². The second kappa shape index (κ2) is 10.2. The van der Waals surface area contributed by atoms with E-state index in [0.717, 1.165) is 5.06 Å². The van der Waals surface area contributed by atoms with Crippen LogP contribution in [0.1, 0.15) is 75.1 Å². The summed E-state index contributed by atoms with van der Waals surface area (Å²) in [5.74, 6) is -0.965. The summed E-state index contributed by atoms with van der Waals surface area (Å²) in [6.45, 7) is 11.3. The highest BCUT2D eigenvalue weighted by molar-refractivity contribution is 6.20. The molecule has 0 saturated carbocycles. The summed E-state index contributed by atoms with van der Waals surface area (Å²) < 4.78 is 10.7. The molecule has 0 atom stereocenters. The van der Waals surface area contributed by atoms with Crippen molar-refractivity contribution in [2.24, 2.45) is 0 Å². The van der Waals surface area contributed by atoms with Gasteiger partial charge in [0.05, 0.1) is 17.2 Å². The number of hydrogen-bond donors (Lipinski definition) is 2. The van der Waals surface area contributed by atoms with Crippen LogP contribution in [0.5, 0.6) is 0 Å². The average molecular weight is 491 g/mol. The van der Waals surface area contributed by atoms with Crippen LogP contribution < -0.4 is 10.6 Å². The first kappa shape index (κ1) is 26.4. The van der Waals surface area contributed by atoms with Gasteiger partial charge in [-0.1, -0.05) is 12.1 Å². The number of rotatable bonds is 5. The van der Waals surface area contributed by atoms with Crippen LogP contribution in [0.4, 0.5) is 9.59 Å². The SMILES string of the molecule is CC(C)(C)OC(=O)NC(NC(=O)OC(C)(C)C)N1CCC(ON2C(=O)c3ccccc3C2=O)CC1. The molecule has 0 aliphatic carbocycles. The van der Waals surface area contributed by atoms with Gasteiger partial charge in [0.15, 0.2) is 6.29 Å².